The lowest BCUT2D eigenvalue weighted by Crippen LogP contribution is -2.31. The van der Waals surface area contributed by atoms with E-state index >= 15 is 0 Å². The number of rotatable bonds is 5. The van der Waals surface area contributed by atoms with Gasteiger partial charge < -0.3 is 10.1 Å². The number of hydrogen-bond acceptors (Lipinski definition) is 3. The maximum atomic E-state index is 11.9. The average molecular weight is 387 g/mol. The second-order valence-electron chi connectivity index (χ2n) is 5.08. The third-order valence-electron chi connectivity index (χ3n) is 3.16. The van der Waals surface area contributed by atoms with Gasteiger partial charge in [0, 0.05) is 15.1 Å². The van der Waals surface area contributed by atoms with Crippen molar-refractivity contribution in [3.05, 3.63) is 68.7 Å². The predicted molar refractivity (Wildman–Crippen MR) is 94.8 cm³/mol. The van der Waals surface area contributed by atoms with Gasteiger partial charge >= 0.3 is 5.97 Å². The topological polar surface area (TPSA) is 55.4 Å². The first kappa shape index (κ1) is 18.6. The number of carbonyl (C=O) groups is 2. The molecule has 0 saturated carbocycles. The van der Waals surface area contributed by atoms with E-state index in [4.69, 9.17) is 39.5 Å². The maximum Gasteiger partial charge on any atom is 0.338 e. The zero-order valence-corrected chi connectivity index (χ0v) is 15.0. The molecule has 24 heavy (non-hydrogen) atoms. The largest absolute Gasteiger partial charge is 0.452 e. The molecule has 0 aliphatic heterocycles. The minimum absolute atomic E-state index is 0.184. The number of nitrogens with one attached hydrogen (secondary N) is 1. The Morgan fingerprint density at radius 2 is 1.71 bits per heavy atom. The second-order valence-corrected chi connectivity index (χ2v) is 6.39. The number of hydrogen-bond donors (Lipinski definition) is 1. The average Bonchev–Trinajstić information content (AvgIpc) is 2.51. The third kappa shape index (κ3) is 5.41. The van der Waals surface area contributed by atoms with E-state index < -0.39 is 18.5 Å². The Kier molecular flexibility index (Phi) is 6.49. The molecule has 2 aromatic rings. The van der Waals surface area contributed by atoms with Crippen molar-refractivity contribution in [1.29, 1.82) is 0 Å². The number of esters is 1. The molecule has 2 rings (SSSR count). The number of halogens is 3. The summed E-state index contributed by atoms with van der Waals surface area (Å²) in [5.74, 6) is -1.10. The summed E-state index contributed by atoms with van der Waals surface area (Å²) < 4.78 is 4.97. The zero-order valence-electron chi connectivity index (χ0n) is 12.7. The van der Waals surface area contributed by atoms with Crippen LogP contribution in [0.4, 0.5) is 0 Å². The molecule has 0 aliphatic carbocycles. The Bertz CT molecular complexity index is 744. The van der Waals surface area contributed by atoms with E-state index in [1.165, 1.54) is 18.2 Å². The highest BCUT2D eigenvalue weighted by Gasteiger charge is 2.14. The highest BCUT2D eigenvalue weighted by Crippen LogP contribution is 2.20. The Morgan fingerprint density at radius 3 is 2.33 bits per heavy atom. The smallest absolute Gasteiger partial charge is 0.338 e. The molecule has 2 aromatic carbocycles. The fourth-order valence-electron chi connectivity index (χ4n) is 2.03. The van der Waals surface area contributed by atoms with Crippen molar-refractivity contribution in [3.8, 4) is 0 Å². The molecule has 1 N–H and O–H groups in total. The SMILES string of the molecule is C[C@@H](NC(=O)COC(=O)c1cc(Cl)cc(Cl)c1)c1cccc(Cl)c1. The van der Waals surface area contributed by atoms with E-state index in [0.717, 1.165) is 5.56 Å². The van der Waals surface area contributed by atoms with Gasteiger partial charge in [-0.3, -0.25) is 4.79 Å². The van der Waals surface area contributed by atoms with Crippen LogP contribution in [0.3, 0.4) is 0 Å². The van der Waals surface area contributed by atoms with E-state index in [2.05, 4.69) is 5.32 Å². The van der Waals surface area contributed by atoms with Gasteiger partial charge in [0.05, 0.1) is 11.6 Å². The van der Waals surface area contributed by atoms with E-state index in [1.807, 2.05) is 13.0 Å². The minimum Gasteiger partial charge on any atom is -0.452 e. The Balaban J connectivity index is 1.89. The normalized spacial score (nSPS) is 11.7. The fourth-order valence-corrected chi connectivity index (χ4v) is 2.75. The van der Waals surface area contributed by atoms with Crippen molar-refractivity contribution in [2.75, 3.05) is 6.61 Å². The summed E-state index contributed by atoms with van der Waals surface area (Å²) in [4.78, 5) is 23.8. The van der Waals surface area contributed by atoms with Crippen molar-refractivity contribution < 1.29 is 14.3 Å². The molecular formula is C17H14Cl3NO3. The van der Waals surface area contributed by atoms with Crippen LogP contribution in [0, 0.1) is 0 Å². The zero-order chi connectivity index (χ0) is 17.7. The first-order valence-electron chi connectivity index (χ1n) is 7.03. The monoisotopic (exact) mass is 385 g/mol. The van der Waals surface area contributed by atoms with Crippen LogP contribution in [-0.4, -0.2) is 18.5 Å². The van der Waals surface area contributed by atoms with Crippen molar-refractivity contribution in [1.82, 2.24) is 5.32 Å². The van der Waals surface area contributed by atoms with Gasteiger partial charge in [-0.2, -0.15) is 0 Å². The molecule has 1 atom stereocenters. The molecule has 4 nitrogen and oxygen atoms in total. The summed E-state index contributed by atoms with van der Waals surface area (Å²) in [5.41, 5.74) is 1.03. The van der Waals surface area contributed by atoms with Crippen LogP contribution in [0.2, 0.25) is 15.1 Å². The van der Waals surface area contributed by atoms with E-state index in [9.17, 15) is 9.59 Å². The Labute approximate surface area is 154 Å². The molecule has 7 heteroatoms. The molecule has 0 saturated heterocycles. The number of amides is 1. The molecule has 0 aromatic heterocycles. The number of benzene rings is 2. The van der Waals surface area contributed by atoms with Gasteiger partial charge in [-0.15, -0.1) is 0 Å². The van der Waals surface area contributed by atoms with Gasteiger partial charge in [0.1, 0.15) is 0 Å². The van der Waals surface area contributed by atoms with Gasteiger partial charge in [0.2, 0.25) is 0 Å². The van der Waals surface area contributed by atoms with Crippen molar-refractivity contribution in [2.45, 2.75) is 13.0 Å². The van der Waals surface area contributed by atoms with Crippen molar-refractivity contribution in [3.63, 3.8) is 0 Å². The standard InChI is InChI=1S/C17H14Cl3NO3/c1-10(11-3-2-4-13(18)5-11)21-16(22)9-24-17(23)12-6-14(19)8-15(20)7-12/h2-8,10H,9H2,1H3,(H,21,22)/t10-/m1/s1. The molecule has 126 valence electrons. The van der Waals surface area contributed by atoms with E-state index in [-0.39, 0.29) is 11.6 Å². The molecular weight excluding hydrogens is 373 g/mol. The van der Waals surface area contributed by atoms with Crippen LogP contribution in [0.1, 0.15) is 28.9 Å². The van der Waals surface area contributed by atoms with Gasteiger partial charge in [-0.05, 0) is 42.8 Å². The highest BCUT2D eigenvalue weighted by molar-refractivity contribution is 6.35. The molecule has 0 aliphatic rings. The van der Waals surface area contributed by atoms with E-state index in [1.54, 1.807) is 18.2 Å². The molecule has 0 radical (unpaired) electrons. The molecule has 0 heterocycles. The highest BCUT2D eigenvalue weighted by atomic mass is 35.5. The van der Waals surface area contributed by atoms with Gasteiger partial charge in [-0.25, -0.2) is 4.79 Å². The third-order valence-corrected chi connectivity index (χ3v) is 3.83. The molecule has 1 amide bonds. The second kappa shape index (κ2) is 8.38. The number of ether oxygens (including phenoxy) is 1. The quantitative estimate of drug-likeness (QED) is 0.759. The van der Waals surface area contributed by atoms with Crippen molar-refractivity contribution in [2.24, 2.45) is 0 Å². The van der Waals surface area contributed by atoms with Gasteiger partial charge in [0.25, 0.3) is 5.91 Å². The molecule has 0 fully saturated rings. The van der Waals surface area contributed by atoms with Crippen LogP contribution >= 0.6 is 34.8 Å². The van der Waals surface area contributed by atoms with Crippen LogP contribution in [-0.2, 0) is 9.53 Å². The summed E-state index contributed by atoms with van der Waals surface area (Å²) in [6.07, 6.45) is 0. The minimum atomic E-state index is -0.676. The lowest BCUT2D eigenvalue weighted by molar-refractivity contribution is -0.124. The summed E-state index contributed by atoms with van der Waals surface area (Å²) in [5, 5.41) is 3.93. The van der Waals surface area contributed by atoms with Crippen LogP contribution in [0.5, 0.6) is 0 Å². The maximum absolute atomic E-state index is 11.9. The fraction of sp³-hybridized carbons (Fsp3) is 0.176. The van der Waals surface area contributed by atoms with Crippen LogP contribution in [0.15, 0.2) is 42.5 Å². The first-order chi connectivity index (χ1) is 11.3. The lowest BCUT2D eigenvalue weighted by Gasteiger charge is -2.14. The Morgan fingerprint density at radius 1 is 1.04 bits per heavy atom. The van der Waals surface area contributed by atoms with Gasteiger partial charge in [-0.1, -0.05) is 46.9 Å². The number of carbonyl (C=O) groups excluding carboxylic acids is 2. The van der Waals surface area contributed by atoms with Crippen LogP contribution in [0.25, 0.3) is 0 Å². The van der Waals surface area contributed by atoms with E-state index in [0.29, 0.717) is 15.1 Å². The lowest BCUT2D eigenvalue weighted by atomic mass is 10.1. The molecule has 0 spiro atoms. The van der Waals surface area contributed by atoms with Crippen LogP contribution < -0.4 is 5.32 Å². The van der Waals surface area contributed by atoms with Gasteiger partial charge in [0.15, 0.2) is 6.61 Å². The summed E-state index contributed by atoms with van der Waals surface area (Å²) in [7, 11) is 0. The Hall–Kier alpha value is -1.75. The summed E-state index contributed by atoms with van der Waals surface area (Å²) in [6.45, 7) is 1.40. The predicted octanol–water partition coefficient (Wildman–Crippen LogP) is 4.68. The summed E-state index contributed by atoms with van der Waals surface area (Å²) in [6, 6.07) is 11.2. The van der Waals surface area contributed by atoms with Crippen molar-refractivity contribution >= 4 is 46.7 Å². The first-order valence-corrected chi connectivity index (χ1v) is 8.16. The molecule has 0 unspecified atom stereocenters. The summed E-state index contributed by atoms with van der Waals surface area (Å²) >= 11 is 17.6. The molecule has 0 bridgehead atoms.